The van der Waals surface area contributed by atoms with E-state index in [1.807, 2.05) is 0 Å². The Hall–Kier alpha value is -1.46. The molecule has 1 rings (SSSR count). The lowest BCUT2D eigenvalue weighted by Gasteiger charge is -2.21. The first-order valence-corrected chi connectivity index (χ1v) is 6.84. The van der Waals surface area contributed by atoms with Crippen molar-refractivity contribution in [2.45, 2.75) is 13.8 Å². The molecule has 0 aromatic heterocycles. The van der Waals surface area contributed by atoms with E-state index in [2.05, 4.69) is 5.32 Å². The largest absolute Gasteiger partial charge is 0.450 e. The van der Waals surface area contributed by atoms with Gasteiger partial charge in [0.15, 0.2) is 0 Å². The third kappa shape index (κ3) is 5.27. The summed E-state index contributed by atoms with van der Waals surface area (Å²) in [6.07, 6.45) is -0.514. The summed E-state index contributed by atoms with van der Waals surface area (Å²) in [4.78, 5) is 24.3. The van der Waals surface area contributed by atoms with Crippen LogP contribution in [0.15, 0.2) is 18.2 Å². The summed E-state index contributed by atoms with van der Waals surface area (Å²) >= 11 is 11.8. The highest BCUT2D eigenvalue weighted by atomic mass is 35.5. The Bertz CT molecular complexity index is 474. The number of benzene rings is 1. The van der Waals surface area contributed by atoms with E-state index in [-0.39, 0.29) is 12.5 Å². The van der Waals surface area contributed by atoms with Gasteiger partial charge in [-0.25, -0.2) is 4.79 Å². The average Bonchev–Trinajstić information content (AvgIpc) is 2.33. The number of carbonyl (C=O) groups is 2. The lowest BCUT2D eigenvalue weighted by atomic mass is 10.2. The standard InChI is InChI=1S/C13H16Cl2N2O3/c1-3-20-13(19)16-4-5-17(9(2)18)12-7-10(14)6-11(15)8-12/h6-8H,3-5H2,1-2H3,(H,16,19). The summed E-state index contributed by atoms with van der Waals surface area (Å²) in [5.74, 6) is -0.172. The first kappa shape index (κ1) is 16.6. The van der Waals surface area contributed by atoms with E-state index in [0.29, 0.717) is 28.9 Å². The van der Waals surface area contributed by atoms with Crippen LogP contribution < -0.4 is 10.2 Å². The molecule has 0 aliphatic heterocycles. The monoisotopic (exact) mass is 318 g/mol. The molecule has 0 bridgehead atoms. The molecular formula is C13H16Cl2N2O3. The average molecular weight is 319 g/mol. The van der Waals surface area contributed by atoms with Crippen molar-refractivity contribution in [1.82, 2.24) is 5.32 Å². The van der Waals surface area contributed by atoms with Gasteiger partial charge in [0.25, 0.3) is 0 Å². The van der Waals surface area contributed by atoms with Gasteiger partial charge in [-0.2, -0.15) is 0 Å². The molecule has 0 fully saturated rings. The van der Waals surface area contributed by atoms with Crippen LogP contribution in [0.4, 0.5) is 10.5 Å². The summed E-state index contributed by atoms with van der Waals surface area (Å²) in [5, 5.41) is 3.43. The lowest BCUT2D eigenvalue weighted by molar-refractivity contribution is -0.116. The Morgan fingerprint density at radius 2 is 1.85 bits per heavy atom. The molecule has 5 nitrogen and oxygen atoms in total. The fraction of sp³-hybridized carbons (Fsp3) is 0.385. The minimum absolute atomic E-state index is 0.172. The number of carbonyl (C=O) groups excluding carboxylic acids is 2. The van der Waals surface area contributed by atoms with Crippen LogP contribution in [-0.2, 0) is 9.53 Å². The zero-order valence-corrected chi connectivity index (χ0v) is 12.8. The molecule has 1 aromatic rings. The molecule has 0 heterocycles. The van der Waals surface area contributed by atoms with Gasteiger partial charge in [0.2, 0.25) is 5.91 Å². The molecule has 0 unspecified atom stereocenters. The van der Waals surface area contributed by atoms with Gasteiger partial charge in [-0.3, -0.25) is 4.79 Å². The van der Waals surface area contributed by atoms with Crippen molar-refractivity contribution in [3.63, 3.8) is 0 Å². The number of alkyl carbamates (subject to hydrolysis) is 1. The molecule has 0 aliphatic rings. The number of halogens is 2. The maximum atomic E-state index is 11.7. The molecule has 0 aliphatic carbocycles. The minimum atomic E-state index is -0.514. The van der Waals surface area contributed by atoms with E-state index >= 15 is 0 Å². The molecule has 7 heteroatoms. The zero-order valence-electron chi connectivity index (χ0n) is 11.3. The number of nitrogens with one attached hydrogen (secondary N) is 1. The smallest absolute Gasteiger partial charge is 0.407 e. The zero-order chi connectivity index (χ0) is 15.1. The van der Waals surface area contributed by atoms with Gasteiger partial charge in [-0.05, 0) is 25.1 Å². The van der Waals surface area contributed by atoms with Gasteiger partial charge >= 0.3 is 6.09 Å². The second-order valence-corrected chi connectivity index (χ2v) is 4.82. The van der Waals surface area contributed by atoms with Crippen LogP contribution >= 0.6 is 23.2 Å². The van der Waals surface area contributed by atoms with Crippen LogP contribution in [0.3, 0.4) is 0 Å². The maximum absolute atomic E-state index is 11.7. The lowest BCUT2D eigenvalue weighted by Crippen LogP contribution is -2.37. The Morgan fingerprint density at radius 1 is 1.25 bits per heavy atom. The van der Waals surface area contributed by atoms with E-state index < -0.39 is 6.09 Å². The van der Waals surface area contributed by atoms with Gasteiger partial charge in [-0.1, -0.05) is 23.2 Å². The van der Waals surface area contributed by atoms with Crippen molar-refractivity contribution in [2.24, 2.45) is 0 Å². The van der Waals surface area contributed by atoms with Gasteiger partial charge < -0.3 is 15.0 Å². The van der Waals surface area contributed by atoms with E-state index in [1.54, 1.807) is 25.1 Å². The first-order chi connectivity index (χ1) is 9.43. The van der Waals surface area contributed by atoms with Crippen LogP contribution in [-0.4, -0.2) is 31.7 Å². The minimum Gasteiger partial charge on any atom is -0.450 e. The first-order valence-electron chi connectivity index (χ1n) is 6.09. The Labute approximate surface area is 127 Å². The van der Waals surface area contributed by atoms with Crippen molar-refractivity contribution in [3.8, 4) is 0 Å². The number of hydrogen-bond acceptors (Lipinski definition) is 3. The van der Waals surface area contributed by atoms with Gasteiger partial charge in [0.05, 0.1) is 6.61 Å². The third-order valence-corrected chi connectivity index (χ3v) is 2.86. The summed E-state index contributed by atoms with van der Waals surface area (Å²) in [5.41, 5.74) is 0.584. The van der Waals surface area contributed by atoms with Crippen LogP contribution in [0.2, 0.25) is 10.0 Å². The number of anilines is 1. The number of ether oxygens (including phenoxy) is 1. The molecule has 0 saturated heterocycles. The molecule has 0 spiro atoms. The van der Waals surface area contributed by atoms with Gasteiger partial charge in [-0.15, -0.1) is 0 Å². The Balaban J connectivity index is 2.70. The van der Waals surface area contributed by atoms with Crippen molar-refractivity contribution in [3.05, 3.63) is 28.2 Å². The maximum Gasteiger partial charge on any atom is 0.407 e. The number of rotatable bonds is 5. The molecule has 20 heavy (non-hydrogen) atoms. The van der Waals surface area contributed by atoms with Crippen molar-refractivity contribution < 1.29 is 14.3 Å². The van der Waals surface area contributed by atoms with Crippen molar-refractivity contribution >= 4 is 40.9 Å². The Kier molecular flexibility index (Phi) is 6.61. The second-order valence-electron chi connectivity index (χ2n) is 3.95. The highest BCUT2D eigenvalue weighted by molar-refractivity contribution is 6.35. The topological polar surface area (TPSA) is 58.6 Å². The van der Waals surface area contributed by atoms with E-state index in [0.717, 1.165) is 0 Å². The Morgan fingerprint density at radius 3 is 2.35 bits per heavy atom. The SMILES string of the molecule is CCOC(=O)NCCN(C(C)=O)c1cc(Cl)cc(Cl)c1. The number of nitrogens with zero attached hydrogens (tertiary/aromatic N) is 1. The summed E-state index contributed by atoms with van der Waals surface area (Å²) in [6, 6.07) is 4.86. The molecule has 1 N–H and O–H groups in total. The van der Waals surface area contributed by atoms with Crippen molar-refractivity contribution in [2.75, 3.05) is 24.6 Å². The molecular weight excluding hydrogens is 303 g/mol. The third-order valence-electron chi connectivity index (χ3n) is 2.42. The van der Waals surface area contributed by atoms with Crippen LogP contribution in [0.25, 0.3) is 0 Å². The van der Waals surface area contributed by atoms with Crippen LogP contribution in [0.5, 0.6) is 0 Å². The quantitative estimate of drug-likeness (QED) is 0.907. The predicted octanol–water partition coefficient (Wildman–Crippen LogP) is 3.09. The predicted molar refractivity (Wildman–Crippen MR) is 79.5 cm³/mol. The fourth-order valence-corrected chi connectivity index (χ4v) is 2.13. The van der Waals surface area contributed by atoms with Crippen LogP contribution in [0, 0.1) is 0 Å². The molecule has 1 aromatic carbocycles. The molecule has 0 saturated carbocycles. The van der Waals surface area contributed by atoms with Gasteiger partial charge in [0.1, 0.15) is 0 Å². The summed E-state index contributed by atoms with van der Waals surface area (Å²) in [6.45, 7) is 4.01. The normalized spacial score (nSPS) is 10.0. The molecule has 110 valence electrons. The van der Waals surface area contributed by atoms with Crippen LogP contribution in [0.1, 0.15) is 13.8 Å². The molecule has 0 radical (unpaired) electrons. The number of hydrogen-bond donors (Lipinski definition) is 1. The molecule has 0 atom stereocenters. The van der Waals surface area contributed by atoms with E-state index in [1.165, 1.54) is 11.8 Å². The summed E-state index contributed by atoms with van der Waals surface area (Å²) in [7, 11) is 0. The highest BCUT2D eigenvalue weighted by Crippen LogP contribution is 2.25. The van der Waals surface area contributed by atoms with Crippen molar-refractivity contribution in [1.29, 1.82) is 0 Å². The summed E-state index contributed by atoms with van der Waals surface area (Å²) < 4.78 is 4.73. The molecule has 2 amide bonds. The van der Waals surface area contributed by atoms with Gasteiger partial charge in [0, 0.05) is 35.7 Å². The highest BCUT2D eigenvalue weighted by Gasteiger charge is 2.13. The van der Waals surface area contributed by atoms with E-state index in [4.69, 9.17) is 27.9 Å². The number of amides is 2. The fourth-order valence-electron chi connectivity index (χ4n) is 1.62. The van der Waals surface area contributed by atoms with E-state index in [9.17, 15) is 9.59 Å². The second kappa shape index (κ2) is 7.97.